The number of nitrogens with one attached hydrogen (secondary N) is 1. The Bertz CT molecular complexity index is 330. The lowest BCUT2D eigenvalue weighted by Crippen LogP contribution is -2.27. The van der Waals surface area contributed by atoms with Crippen molar-refractivity contribution in [2.45, 2.75) is 45.8 Å². The van der Waals surface area contributed by atoms with E-state index in [0.717, 1.165) is 17.6 Å². The average Bonchev–Trinajstić information content (AvgIpc) is 2.36. The normalized spacial score (nSPS) is 12.6. The third-order valence-electron chi connectivity index (χ3n) is 2.81. The standard InChI is InChI=1S/C15H24BrNO/c1-3-4-5-9-17-11-13(2)18-12-14-7-6-8-15(16)10-14/h6-8,10,13,17H,3-5,9,11-12H2,1-2H3. The van der Waals surface area contributed by atoms with Crippen LogP contribution in [0.15, 0.2) is 28.7 Å². The Morgan fingerprint density at radius 1 is 1.33 bits per heavy atom. The van der Waals surface area contributed by atoms with Crippen molar-refractivity contribution in [2.24, 2.45) is 0 Å². The first-order valence-electron chi connectivity index (χ1n) is 6.79. The summed E-state index contributed by atoms with van der Waals surface area (Å²) in [5.41, 5.74) is 1.21. The first kappa shape index (κ1) is 15.7. The molecule has 0 saturated heterocycles. The minimum absolute atomic E-state index is 0.255. The van der Waals surface area contributed by atoms with E-state index < -0.39 is 0 Å². The van der Waals surface area contributed by atoms with Crippen molar-refractivity contribution in [1.82, 2.24) is 5.32 Å². The number of benzene rings is 1. The molecule has 1 rings (SSSR count). The van der Waals surface area contributed by atoms with Crippen molar-refractivity contribution in [3.63, 3.8) is 0 Å². The molecule has 0 aliphatic carbocycles. The van der Waals surface area contributed by atoms with E-state index in [4.69, 9.17) is 4.74 Å². The van der Waals surface area contributed by atoms with Gasteiger partial charge in [0.15, 0.2) is 0 Å². The van der Waals surface area contributed by atoms with E-state index >= 15 is 0 Å². The fourth-order valence-corrected chi connectivity index (χ4v) is 2.18. The monoisotopic (exact) mass is 313 g/mol. The van der Waals surface area contributed by atoms with Crippen molar-refractivity contribution < 1.29 is 4.74 Å². The zero-order valence-electron chi connectivity index (χ0n) is 11.4. The van der Waals surface area contributed by atoms with Crippen LogP contribution < -0.4 is 5.32 Å². The fourth-order valence-electron chi connectivity index (χ4n) is 1.73. The molecule has 1 atom stereocenters. The van der Waals surface area contributed by atoms with Crippen LogP contribution in [0.5, 0.6) is 0 Å². The van der Waals surface area contributed by atoms with E-state index in [9.17, 15) is 0 Å². The van der Waals surface area contributed by atoms with Gasteiger partial charge >= 0.3 is 0 Å². The molecule has 0 fully saturated rings. The maximum Gasteiger partial charge on any atom is 0.0721 e. The van der Waals surface area contributed by atoms with Crippen molar-refractivity contribution in [2.75, 3.05) is 13.1 Å². The Balaban J connectivity index is 2.11. The summed E-state index contributed by atoms with van der Waals surface area (Å²) >= 11 is 3.47. The Morgan fingerprint density at radius 3 is 2.89 bits per heavy atom. The Kier molecular flexibility index (Phi) is 8.31. The molecule has 1 unspecified atom stereocenters. The molecule has 102 valence electrons. The van der Waals surface area contributed by atoms with E-state index in [1.807, 2.05) is 12.1 Å². The summed E-state index contributed by atoms with van der Waals surface area (Å²) in [5, 5.41) is 3.43. The Hall–Kier alpha value is -0.380. The van der Waals surface area contributed by atoms with Gasteiger partial charge in [-0.15, -0.1) is 0 Å². The summed E-state index contributed by atoms with van der Waals surface area (Å²) in [6, 6.07) is 8.26. The maximum atomic E-state index is 5.81. The van der Waals surface area contributed by atoms with Gasteiger partial charge in [0, 0.05) is 11.0 Å². The highest BCUT2D eigenvalue weighted by Gasteiger charge is 2.02. The van der Waals surface area contributed by atoms with Gasteiger partial charge in [-0.25, -0.2) is 0 Å². The van der Waals surface area contributed by atoms with Crippen LogP contribution >= 0.6 is 15.9 Å². The quantitative estimate of drug-likeness (QED) is 0.692. The summed E-state index contributed by atoms with van der Waals surface area (Å²) in [6.45, 7) is 7.04. The third kappa shape index (κ3) is 7.14. The molecule has 0 aliphatic rings. The van der Waals surface area contributed by atoms with Crippen molar-refractivity contribution >= 4 is 15.9 Å². The molecule has 0 spiro atoms. The van der Waals surface area contributed by atoms with Crippen LogP contribution in [0.25, 0.3) is 0 Å². The van der Waals surface area contributed by atoms with Gasteiger partial charge in [0.2, 0.25) is 0 Å². The number of hydrogen-bond acceptors (Lipinski definition) is 2. The summed E-state index contributed by atoms with van der Waals surface area (Å²) in [7, 11) is 0. The van der Waals surface area contributed by atoms with E-state index in [-0.39, 0.29) is 6.10 Å². The van der Waals surface area contributed by atoms with Crippen LogP contribution in [-0.2, 0) is 11.3 Å². The first-order valence-corrected chi connectivity index (χ1v) is 7.58. The lowest BCUT2D eigenvalue weighted by molar-refractivity contribution is 0.0532. The van der Waals surface area contributed by atoms with Crippen molar-refractivity contribution in [1.29, 1.82) is 0 Å². The average molecular weight is 314 g/mol. The van der Waals surface area contributed by atoms with Crippen LogP contribution in [0, 0.1) is 0 Å². The van der Waals surface area contributed by atoms with E-state index in [2.05, 4.69) is 47.2 Å². The highest BCUT2D eigenvalue weighted by Crippen LogP contribution is 2.12. The van der Waals surface area contributed by atoms with Crippen molar-refractivity contribution in [3.05, 3.63) is 34.3 Å². The minimum Gasteiger partial charge on any atom is -0.373 e. The second-order valence-electron chi connectivity index (χ2n) is 4.66. The summed E-state index contributed by atoms with van der Waals surface area (Å²) in [5.74, 6) is 0. The largest absolute Gasteiger partial charge is 0.373 e. The maximum absolute atomic E-state index is 5.81. The molecule has 0 radical (unpaired) electrons. The number of unbranched alkanes of at least 4 members (excludes halogenated alkanes) is 2. The zero-order valence-corrected chi connectivity index (χ0v) is 13.0. The molecular formula is C15H24BrNO. The van der Waals surface area contributed by atoms with Gasteiger partial charge in [0.05, 0.1) is 12.7 Å². The second-order valence-corrected chi connectivity index (χ2v) is 5.58. The molecule has 1 aromatic rings. The zero-order chi connectivity index (χ0) is 13.2. The van der Waals surface area contributed by atoms with Crippen LogP contribution in [0.4, 0.5) is 0 Å². The molecule has 3 heteroatoms. The summed E-state index contributed by atoms with van der Waals surface area (Å²) < 4.78 is 6.91. The smallest absolute Gasteiger partial charge is 0.0721 e. The number of rotatable bonds is 9. The highest BCUT2D eigenvalue weighted by molar-refractivity contribution is 9.10. The summed E-state index contributed by atoms with van der Waals surface area (Å²) in [4.78, 5) is 0. The molecule has 2 nitrogen and oxygen atoms in total. The molecule has 0 saturated carbocycles. The SMILES string of the molecule is CCCCCNCC(C)OCc1cccc(Br)c1. The molecule has 0 amide bonds. The summed E-state index contributed by atoms with van der Waals surface area (Å²) in [6.07, 6.45) is 4.09. The van der Waals surface area contributed by atoms with Gasteiger partial charge in [-0.05, 0) is 37.6 Å². The fraction of sp³-hybridized carbons (Fsp3) is 0.600. The molecular weight excluding hydrogens is 290 g/mol. The van der Waals surface area contributed by atoms with Gasteiger partial charge in [-0.2, -0.15) is 0 Å². The topological polar surface area (TPSA) is 21.3 Å². The molecule has 0 aromatic heterocycles. The van der Waals surface area contributed by atoms with E-state index in [1.54, 1.807) is 0 Å². The van der Waals surface area contributed by atoms with Gasteiger partial charge in [-0.3, -0.25) is 0 Å². The van der Waals surface area contributed by atoms with Crippen LogP contribution in [0.1, 0.15) is 38.7 Å². The second kappa shape index (κ2) is 9.54. The number of ether oxygens (including phenoxy) is 1. The van der Waals surface area contributed by atoms with Gasteiger partial charge < -0.3 is 10.1 Å². The first-order chi connectivity index (χ1) is 8.72. The lowest BCUT2D eigenvalue weighted by atomic mass is 10.2. The van der Waals surface area contributed by atoms with Crippen LogP contribution in [0.3, 0.4) is 0 Å². The van der Waals surface area contributed by atoms with Gasteiger partial charge in [-0.1, -0.05) is 47.8 Å². The molecule has 1 N–H and O–H groups in total. The van der Waals surface area contributed by atoms with Gasteiger partial charge in [0.1, 0.15) is 0 Å². The predicted octanol–water partition coefficient (Wildman–Crippen LogP) is 4.13. The molecule has 0 aliphatic heterocycles. The Morgan fingerprint density at radius 2 is 2.17 bits per heavy atom. The van der Waals surface area contributed by atoms with E-state index in [1.165, 1.54) is 24.8 Å². The van der Waals surface area contributed by atoms with Crippen molar-refractivity contribution in [3.8, 4) is 0 Å². The van der Waals surface area contributed by atoms with Gasteiger partial charge in [0.25, 0.3) is 0 Å². The lowest BCUT2D eigenvalue weighted by Gasteiger charge is -2.14. The Labute approximate surface area is 119 Å². The predicted molar refractivity (Wildman–Crippen MR) is 80.8 cm³/mol. The third-order valence-corrected chi connectivity index (χ3v) is 3.31. The molecule has 0 heterocycles. The molecule has 18 heavy (non-hydrogen) atoms. The molecule has 1 aromatic carbocycles. The minimum atomic E-state index is 0.255. The highest BCUT2D eigenvalue weighted by atomic mass is 79.9. The number of hydrogen-bond donors (Lipinski definition) is 1. The van der Waals surface area contributed by atoms with Crippen LogP contribution in [-0.4, -0.2) is 19.2 Å². The molecule has 0 bridgehead atoms. The number of halogens is 1. The van der Waals surface area contributed by atoms with E-state index in [0.29, 0.717) is 6.61 Å². The van der Waals surface area contributed by atoms with Crippen LogP contribution in [0.2, 0.25) is 0 Å².